The summed E-state index contributed by atoms with van der Waals surface area (Å²) in [7, 11) is 0. The third-order valence-electron chi connectivity index (χ3n) is 2.99. The predicted octanol–water partition coefficient (Wildman–Crippen LogP) is 2.22. The number of rotatable bonds is 2. The highest BCUT2D eigenvalue weighted by molar-refractivity contribution is 5.97. The largest absolute Gasteiger partial charge is 0.326 e. The van der Waals surface area contributed by atoms with E-state index in [2.05, 4.69) is 15.5 Å². The molecule has 1 aromatic heterocycles. The number of carbonyl (C=O) groups excluding carboxylic acids is 1. The fourth-order valence-electron chi connectivity index (χ4n) is 1.81. The fraction of sp³-hybridized carbons (Fsp3) is 0.333. The minimum atomic E-state index is 0.144. The summed E-state index contributed by atoms with van der Waals surface area (Å²) in [5.74, 6) is 0.380. The summed E-state index contributed by atoms with van der Waals surface area (Å²) in [5.41, 5.74) is 2.96. The van der Waals surface area contributed by atoms with Crippen molar-refractivity contribution in [2.45, 2.75) is 19.8 Å². The van der Waals surface area contributed by atoms with Crippen LogP contribution in [0, 0.1) is 12.8 Å². The molecule has 1 heterocycles. The van der Waals surface area contributed by atoms with Crippen LogP contribution < -0.4 is 5.32 Å². The lowest BCUT2D eigenvalue weighted by atomic mass is 10.1. The maximum absolute atomic E-state index is 11.7. The Hall–Kier alpha value is -1.84. The molecule has 1 aliphatic rings. The fourth-order valence-corrected chi connectivity index (χ4v) is 1.81. The number of aromatic amines is 1. The van der Waals surface area contributed by atoms with Crippen molar-refractivity contribution < 1.29 is 4.79 Å². The van der Waals surface area contributed by atoms with Crippen LogP contribution in [0.15, 0.2) is 18.3 Å². The van der Waals surface area contributed by atoms with Crippen LogP contribution >= 0.6 is 0 Å². The SMILES string of the molecule is Cc1cc2[nH]ncc2cc1NC(=O)C1CC1. The van der Waals surface area contributed by atoms with E-state index in [9.17, 15) is 4.79 Å². The average molecular weight is 215 g/mol. The van der Waals surface area contributed by atoms with Gasteiger partial charge in [-0.25, -0.2) is 0 Å². The number of aromatic nitrogens is 2. The third-order valence-corrected chi connectivity index (χ3v) is 2.99. The van der Waals surface area contributed by atoms with Crippen molar-refractivity contribution in [3.8, 4) is 0 Å². The Morgan fingerprint density at radius 2 is 2.31 bits per heavy atom. The molecule has 4 heteroatoms. The Kier molecular flexibility index (Phi) is 1.96. The predicted molar refractivity (Wildman–Crippen MR) is 62.2 cm³/mol. The highest BCUT2D eigenvalue weighted by Gasteiger charge is 2.29. The molecule has 1 aromatic carbocycles. The molecule has 2 aromatic rings. The first-order valence-corrected chi connectivity index (χ1v) is 5.48. The molecule has 16 heavy (non-hydrogen) atoms. The van der Waals surface area contributed by atoms with Crippen LogP contribution in [0.2, 0.25) is 0 Å². The summed E-state index contributed by atoms with van der Waals surface area (Å²) in [4.78, 5) is 11.7. The number of nitrogens with zero attached hydrogens (tertiary/aromatic N) is 1. The zero-order valence-electron chi connectivity index (χ0n) is 9.08. The van der Waals surface area contributed by atoms with Gasteiger partial charge < -0.3 is 5.32 Å². The number of hydrogen-bond donors (Lipinski definition) is 2. The lowest BCUT2D eigenvalue weighted by molar-refractivity contribution is -0.117. The van der Waals surface area contributed by atoms with Gasteiger partial charge >= 0.3 is 0 Å². The highest BCUT2D eigenvalue weighted by Crippen LogP contribution is 2.31. The Morgan fingerprint density at radius 3 is 3.06 bits per heavy atom. The van der Waals surface area contributed by atoms with Gasteiger partial charge in [-0.2, -0.15) is 5.10 Å². The van der Waals surface area contributed by atoms with E-state index in [1.165, 1.54) is 0 Å². The van der Waals surface area contributed by atoms with E-state index in [4.69, 9.17) is 0 Å². The van der Waals surface area contributed by atoms with Crippen molar-refractivity contribution in [2.75, 3.05) is 5.32 Å². The Balaban J connectivity index is 1.95. The number of benzene rings is 1. The smallest absolute Gasteiger partial charge is 0.227 e. The van der Waals surface area contributed by atoms with Crippen LogP contribution in [0.4, 0.5) is 5.69 Å². The van der Waals surface area contributed by atoms with Crippen molar-refractivity contribution >= 4 is 22.5 Å². The first-order chi connectivity index (χ1) is 7.74. The van der Waals surface area contributed by atoms with E-state index >= 15 is 0 Å². The maximum atomic E-state index is 11.7. The second-order valence-electron chi connectivity index (χ2n) is 4.39. The van der Waals surface area contributed by atoms with Crippen LogP contribution in [0.25, 0.3) is 10.9 Å². The Morgan fingerprint density at radius 1 is 1.50 bits per heavy atom. The molecule has 0 saturated heterocycles. The van der Waals surface area contributed by atoms with Crippen LogP contribution in [0.1, 0.15) is 18.4 Å². The molecule has 1 fully saturated rings. The van der Waals surface area contributed by atoms with Gasteiger partial charge in [0, 0.05) is 17.0 Å². The first kappa shape index (κ1) is 9.39. The summed E-state index contributed by atoms with van der Waals surface area (Å²) in [5, 5.41) is 10.9. The molecule has 1 amide bonds. The molecule has 0 spiro atoms. The second-order valence-corrected chi connectivity index (χ2v) is 4.39. The van der Waals surface area contributed by atoms with Crippen LogP contribution in [-0.2, 0) is 4.79 Å². The van der Waals surface area contributed by atoms with Crippen LogP contribution in [-0.4, -0.2) is 16.1 Å². The third kappa shape index (κ3) is 1.56. The van der Waals surface area contributed by atoms with Gasteiger partial charge in [-0.15, -0.1) is 0 Å². The van der Waals surface area contributed by atoms with Crippen LogP contribution in [0.3, 0.4) is 0 Å². The van der Waals surface area contributed by atoms with Gasteiger partial charge in [0.05, 0.1) is 11.7 Å². The summed E-state index contributed by atoms with van der Waals surface area (Å²) >= 11 is 0. The molecule has 0 unspecified atom stereocenters. The molecule has 0 aliphatic heterocycles. The zero-order chi connectivity index (χ0) is 11.1. The first-order valence-electron chi connectivity index (χ1n) is 5.48. The van der Waals surface area contributed by atoms with Crippen LogP contribution in [0.5, 0.6) is 0 Å². The maximum Gasteiger partial charge on any atom is 0.227 e. The van der Waals surface area contributed by atoms with Gasteiger partial charge in [0.25, 0.3) is 0 Å². The van der Waals surface area contributed by atoms with Gasteiger partial charge in [0.1, 0.15) is 0 Å². The van der Waals surface area contributed by atoms with Gasteiger partial charge in [0.15, 0.2) is 0 Å². The average Bonchev–Trinajstić information content (AvgIpc) is 3.01. The summed E-state index contributed by atoms with van der Waals surface area (Å²) in [6, 6.07) is 3.97. The molecule has 1 aliphatic carbocycles. The molecular formula is C12H13N3O. The van der Waals surface area contributed by atoms with Crippen molar-refractivity contribution in [1.29, 1.82) is 0 Å². The highest BCUT2D eigenvalue weighted by atomic mass is 16.2. The van der Waals surface area contributed by atoms with Crippen molar-refractivity contribution in [3.05, 3.63) is 23.9 Å². The van der Waals surface area contributed by atoms with E-state index in [0.717, 1.165) is 35.0 Å². The summed E-state index contributed by atoms with van der Waals surface area (Å²) in [6.07, 6.45) is 3.82. The van der Waals surface area contributed by atoms with Gasteiger partial charge in [0.2, 0.25) is 5.91 Å². The number of H-pyrrole nitrogens is 1. The number of amides is 1. The normalized spacial score (nSPS) is 15.3. The van der Waals surface area contributed by atoms with Crippen molar-refractivity contribution in [1.82, 2.24) is 10.2 Å². The number of carbonyl (C=O) groups is 1. The topological polar surface area (TPSA) is 57.8 Å². The van der Waals surface area contributed by atoms with Gasteiger partial charge in [-0.05, 0) is 37.5 Å². The molecule has 0 atom stereocenters. The standard InChI is InChI=1S/C12H13N3O/c1-7-4-11-9(6-13-15-11)5-10(7)14-12(16)8-2-3-8/h4-6,8H,2-3H2,1H3,(H,13,15)(H,14,16). The number of fused-ring (bicyclic) bond motifs is 1. The molecular weight excluding hydrogens is 202 g/mol. The van der Waals surface area contributed by atoms with E-state index < -0.39 is 0 Å². The number of nitrogens with one attached hydrogen (secondary N) is 2. The minimum Gasteiger partial charge on any atom is -0.326 e. The Bertz CT molecular complexity index is 554. The summed E-state index contributed by atoms with van der Waals surface area (Å²) < 4.78 is 0. The summed E-state index contributed by atoms with van der Waals surface area (Å²) in [6.45, 7) is 1.99. The molecule has 2 N–H and O–H groups in total. The lowest BCUT2D eigenvalue weighted by Crippen LogP contribution is -2.14. The quantitative estimate of drug-likeness (QED) is 0.807. The number of hydrogen-bond acceptors (Lipinski definition) is 2. The minimum absolute atomic E-state index is 0.144. The molecule has 3 rings (SSSR count). The number of anilines is 1. The molecule has 0 radical (unpaired) electrons. The van der Waals surface area contributed by atoms with Crippen molar-refractivity contribution in [2.24, 2.45) is 5.92 Å². The molecule has 1 saturated carbocycles. The van der Waals surface area contributed by atoms with Gasteiger partial charge in [-0.3, -0.25) is 9.89 Å². The number of aryl methyl sites for hydroxylation is 1. The van der Waals surface area contributed by atoms with E-state index in [0.29, 0.717) is 0 Å². The molecule has 82 valence electrons. The van der Waals surface area contributed by atoms with Gasteiger partial charge in [-0.1, -0.05) is 0 Å². The zero-order valence-corrected chi connectivity index (χ0v) is 9.08. The van der Waals surface area contributed by atoms with Crippen molar-refractivity contribution in [3.63, 3.8) is 0 Å². The van der Waals surface area contributed by atoms with E-state index in [-0.39, 0.29) is 11.8 Å². The molecule has 4 nitrogen and oxygen atoms in total. The lowest BCUT2D eigenvalue weighted by Gasteiger charge is -2.07. The Labute approximate surface area is 93.0 Å². The monoisotopic (exact) mass is 215 g/mol. The molecule has 0 bridgehead atoms. The van der Waals surface area contributed by atoms with E-state index in [1.807, 2.05) is 19.1 Å². The van der Waals surface area contributed by atoms with E-state index in [1.54, 1.807) is 6.20 Å². The second kappa shape index (κ2) is 3.33.